The molecule has 0 aliphatic carbocycles. The van der Waals surface area contributed by atoms with Gasteiger partial charge in [0.15, 0.2) is 5.82 Å². The van der Waals surface area contributed by atoms with Crippen LogP contribution >= 0.6 is 0 Å². The summed E-state index contributed by atoms with van der Waals surface area (Å²) < 4.78 is 7.58. The predicted octanol–water partition coefficient (Wildman–Crippen LogP) is 2.40. The summed E-state index contributed by atoms with van der Waals surface area (Å²) in [5.74, 6) is 1.71. The molecule has 0 spiro atoms. The van der Waals surface area contributed by atoms with Crippen LogP contribution in [0.2, 0.25) is 0 Å². The number of hydrogen-bond acceptors (Lipinski definition) is 4. The summed E-state index contributed by atoms with van der Waals surface area (Å²) in [5, 5.41) is 11.5. The van der Waals surface area contributed by atoms with Crippen LogP contribution in [0.5, 0.6) is 0 Å². The van der Waals surface area contributed by atoms with Gasteiger partial charge in [-0.25, -0.2) is 0 Å². The second-order valence-corrected chi connectivity index (χ2v) is 7.08. The molecule has 134 valence electrons. The van der Waals surface area contributed by atoms with Gasteiger partial charge in [-0.15, -0.1) is 10.2 Å². The van der Waals surface area contributed by atoms with Crippen molar-refractivity contribution >= 4 is 5.91 Å². The van der Waals surface area contributed by atoms with Crippen molar-refractivity contribution in [2.45, 2.75) is 51.7 Å². The van der Waals surface area contributed by atoms with E-state index < -0.39 is 5.54 Å². The molecular weight excluding hydrogens is 316 g/mol. The molecule has 2 aromatic rings. The summed E-state index contributed by atoms with van der Waals surface area (Å²) in [7, 11) is 0. The maximum absolute atomic E-state index is 12.9. The lowest BCUT2D eigenvalue weighted by Gasteiger charge is -2.35. The number of fused-ring (bicyclic) bond motifs is 1. The topological polar surface area (TPSA) is 69.0 Å². The minimum atomic E-state index is -0.802. The van der Waals surface area contributed by atoms with E-state index in [1.54, 1.807) is 0 Å². The Hall–Kier alpha value is -2.21. The van der Waals surface area contributed by atoms with Crippen molar-refractivity contribution in [1.29, 1.82) is 0 Å². The van der Waals surface area contributed by atoms with Crippen molar-refractivity contribution in [3.05, 3.63) is 47.5 Å². The van der Waals surface area contributed by atoms with Gasteiger partial charge in [0.2, 0.25) is 5.91 Å². The SMILES string of the molecule is CC(C)c1nnc2n1C(C)(C(=O)NCCCc1ccccc1)COC2. The summed E-state index contributed by atoms with van der Waals surface area (Å²) >= 11 is 0. The summed E-state index contributed by atoms with van der Waals surface area (Å²) in [6.45, 7) is 7.39. The molecule has 1 amide bonds. The molecule has 3 rings (SSSR count). The minimum absolute atomic E-state index is 0.0387. The number of carbonyl (C=O) groups is 1. The van der Waals surface area contributed by atoms with Gasteiger partial charge in [0, 0.05) is 12.5 Å². The van der Waals surface area contributed by atoms with Crippen LogP contribution in [-0.4, -0.2) is 33.8 Å². The average Bonchev–Trinajstić information content (AvgIpc) is 3.05. The van der Waals surface area contributed by atoms with Crippen molar-refractivity contribution < 1.29 is 9.53 Å². The molecule has 1 N–H and O–H groups in total. The highest BCUT2D eigenvalue weighted by atomic mass is 16.5. The van der Waals surface area contributed by atoms with E-state index in [1.807, 2.05) is 29.7 Å². The van der Waals surface area contributed by atoms with Crippen LogP contribution in [0.4, 0.5) is 0 Å². The van der Waals surface area contributed by atoms with Gasteiger partial charge in [-0.1, -0.05) is 44.2 Å². The Kier molecular flexibility index (Phi) is 5.18. The lowest BCUT2D eigenvalue weighted by atomic mass is 9.98. The van der Waals surface area contributed by atoms with Crippen molar-refractivity contribution in [1.82, 2.24) is 20.1 Å². The van der Waals surface area contributed by atoms with Crippen molar-refractivity contribution in [2.24, 2.45) is 0 Å². The number of aryl methyl sites for hydroxylation is 1. The minimum Gasteiger partial charge on any atom is -0.370 e. The Morgan fingerprint density at radius 2 is 2.08 bits per heavy atom. The third kappa shape index (κ3) is 3.58. The molecule has 0 radical (unpaired) electrons. The van der Waals surface area contributed by atoms with Gasteiger partial charge >= 0.3 is 0 Å². The molecule has 2 heterocycles. The first-order valence-electron chi connectivity index (χ1n) is 8.87. The average molecular weight is 342 g/mol. The number of nitrogens with one attached hydrogen (secondary N) is 1. The Morgan fingerprint density at radius 3 is 2.80 bits per heavy atom. The molecular formula is C19H26N4O2. The van der Waals surface area contributed by atoms with Crippen LogP contribution in [-0.2, 0) is 28.1 Å². The van der Waals surface area contributed by atoms with E-state index in [4.69, 9.17) is 4.74 Å². The first kappa shape index (κ1) is 17.6. The number of ether oxygens (including phenoxy) is 1. The Bertz CT molecular complexity index is 726. The van der Waals surface area contributed by atoms with Gasteiger partial charge in [-0.2, -0.15) is 0 Å². The lowest BCUT2D eigenvalue weighted by Crippen LogP contribution is -2.53. The molecule has 0 bridgehead atoms. The number of benzene rings is 1. The third-order valence-electron chi connectivity index (χ3n) is 4.64. The number of rotatable bonds is 6. The zero-order valence-corrected chi connectivity index (χ0v) is 15.2. The van der Waals surface area contributed by atoms with Crippen molar-refractivity contribution in [2.75, 3.05) is 13.2 Å². The Labute approximate surface area is 148 Å². The molecule has 6 nitrogen and oxygen atoms in total. The van der Waals surface area contributed by atoms with Crippen LogP contribution in [0.25, 0.3) is 0 Å². The van der Waals surface area contributed by atoms with E-state index in [-0.39, 0.29) is 11.8 Å². The number of aromatic nitrogens is 3. The quantitative estimate of drug-likeness (QED) is 0.819. The van der Waals surface area contributed by atoms with E-state index >= 15 is 0 Å². The van der Waals surface area contributed by atoms with Crippen LogP contribution < -0.4 is 5.32 Å². The van der Waals surface area contributed by atoms with Gasteiger partial charge < -0.3 is 10.1 Å². The fraction of sp³-hybridized carbons (Fsp3) is 0.526. The second kappa shape index (κ2) is 7.35. The molecule has 1 aliphatic rings. The van der Waals surface area contributed by atoms with E-state index in [0.717, 1.165) is 24.5 Å². The van der Waals surface area contributed by atoms with Gasteiger partial charge in [0.1, 0.15) is 18.0 Å². The monoisotopic (exact) mass is 342 g/mol. The van der Waals surface area contributed by atoms with Gasteiger partial charge in [0.05, 0.1) is 6.61 Å². The maximum Gasteiger partial charge on any atom is 0.248 e. The standard InChI is InChI=1S/C19H26N4O2/c1-14(2)17-22-21-16-12-25-13-19(3,23(16)17)18(24)20-11-7-10-15-8-5-4-6-9-15/h4-6,8-9,14H,7,10-13H2,1-3H3,(H,20,24). The van der Waals surface area contributed by atoms with Crippen LogP contribution in [0, 0.1) is 0 Å². The zero-order chi connectivity index (χ0) is 17.9. The molecule has 6 heteroatoms. The first-order valence-corrected chi connectivity index (χ1v) is 8.87. The number of amides is 1. The molecule has 1 unspecified atom stereocenters. The number of carbonyl (C=O) groups excluding carboxylic acids is 1. The molecule has 0 saturated carbocycles. The van der Waals surface area contributed by atoms with Gasteiger partial charge in [-0.05, 0) is 25.3 Å². The normalized spacial score (nSPS) is 19.7. The molecule has 1 aromatic heterocycles. The van der Waals surface area contributed by atoms with E-state index in [0.29, 0.717) is 19.8 Å². The first-order chi connectivity index (χ1) is 12.0. The van der Waals surface area contributed by atoms with Crippen LogP contribution in [0.15, 0.2) is 30.3 Å². The highest BCUT2D eigenvalue weighted by molar-refractivity contribution is 5.84. The highest BCUT2D eigenvalue weighted by Gasteiger charge is 2.42. The number of nitrogens with zero attached hydrogens (tertiary/aromatic N) is 3. The Morgan fingerprint density at radius 1 is 1.32 bits per heavy atom. The fourth-order valence-electron chi connectivity index (χ4n) is 3.24. The second-order valence-electron chi connectivity index (χ2n) is 7.08. The Balaban J connectivity index is 1.65. The summed E-state index contributed by atoms with van der Waals surface area (Å²) in [4.78, 5) is 12.9. The molecule has 1 aromatic carbocycles. The van der Waals surface area contributed by atoms with Crippen LogP contribution in [0.1, 0.15) is 50.3 Å². The van der Waals surface area contributed by atoms with Gasteiger partial charge in [-0.3, -0.25) is 9.36 Å². The third-order valence-corrected chi connectivity index (χ3v) is 4.64. The fourth-order valence-corrected chi connectivity index (χ4v) is 3.24. The summed E-state index contributed by atoms with van der Waals surface area (Å²) in [6.07, 6.45) is 1.85. The number of hydrogen-bond donors (Lipinski definition) is 1. The molecule has 0 fully saturated rings. The molecule has 0 saturated heterocycles. The van der Waals surface area contributed by atoms with E-state index in [9.17, 15) is 4.79 Å². The van der Waals surface area contributed by atoms with E-state index in [1.165, 1.54) is 5.56 Å². The van der Waals surface area contributed by atoms with Crippen molar-refractivity contribution in [3.8, 4) is 0 Å². The van der Waals surface area contributed by atoms with E-state index in [2.05, 4.69) is 41.5 Å². The molecule has 25 heavy (non-hydrogen) atoms. The summed E-state index contributed by atoms with van der Waals surface area (Å²) in [5.41, 5.74) is 0.482. The van der Waals surface area contributed by atoms with Gasteiger partial charge in [0.25, 0.3) is 0 Å². The largest absolute Gasteiger partial charge is 0.370 e. The van der Waals surface area contributed by atoms with Crippen LogP contribution in [0.3, 0.4) is 0 Å². The predicted molar refractivity (Wildman–Crippen MR) is 95.2 cm³/mol. The smallest absolute Gasteiger partial charge is 0.248 e. The molecule has 1 atom stereocenters. The zero-order valence-electron chi connectivity index (χ0n) is 15.2. The lowest BCUT2D eigenvalue weighted by molar-refractivity contribution is -0.135. The highest BCUT2D eigenvalue weighted by Crippen LogP contribution is 2.29. The molecule has 1 aliphatic heterocycles. The summed E-state index contributed by atoms with van der Waals surface area (Å²) in [6, 6.07) is 10.3. The maximum atomic E-state index is 12.9. The van der Waals surface area contributed by atoms with Crippen molar-refractivity contribution in [3.63, 3.8) is 0 Å².